The van der Waals surface area contributed by atoms with Crippen LogP contribution >= 0.6 is 0 Å². The molecule has 0 bridgehead atoms. The third kappa shape index (κ3) is 17.6. The van der Waals surface area contributed by atoms with Gasteiger partial charge in [0.1, 0.15) is 12.6 Å². The van der Waals surface area contributed by atoms with Crippen molar-refractivity contribution in [2.24, 2.45) is 0 Å². The molecule has 0 aliphatic heterocycles. The first kappa shape index (κ1) is 42.5. The number of aldehydes is 2. The van der Waals surface area contributed by atoms with Crippen LogP contribution in [0.15, 0.2) is 109 Å². The van der Waals surface area contributed by atoms with Crippen molar-refractivity contribution in [3.63, 3.8) is 0 Å². The van der Waals surface area contributed by atoms with E-state index in [9.17, 15) is 19.2 Å². The van der Waals surface area contributed by atoms with Crippen molar-refractivity contribution in [3.05, 3.63) is 120 Å². The van der Waals surface area contributed by atoms with Gasteiger partial charge in [-0.05, 0) is 73.0 Å². The highest BCUT2D eigenvalue weighted by Gasteiger charge is 2.17. The summed E-state index contributed by atoms with van der Waals surface area (Å²) in [5, 5.41) is 6.01. The van der Waals surface area contributed by atoms with Gasteiger partial charge in [0.25, 0.3) is 0 Å². The lowest BCUT2D eigenvalue weighted by Gasteiger charge is -2.22. The summed E-state index contributed by atoms with van der Waals surface area (Å²) in [5.41, 5.74) is 5.99. The number of nitrogens with zero attached hydrogens (tertiary/aromatic N) is 2. The zero-order valence-corrected chi connectivity index (χ0v) is 29.9. The molecule has 0 radical (unpaired) electrons. The molecular formula is C42H52N4O4. The molecule has 0 aromatic heterocycles. The van der Waals surface area contributed by atoms with Crippen molar-refractivity contribution < 1.29 is 19.2 Å². The van der Waals surface area contributed by atoms with E-state index in [1.54, 1.807) is 4.90 Å². The lowest BCUT2D eigenvalue weighted by Crippen LogP contribution is -2.39. The van der Waals surface area contributed by atoms with Crippen molar-refractivity contribution in [3.8, 4) is 24.0 Å². The summed E-state index contributed by atoms with van der Waals surface area (Å²) in [6, 6.07) is 35.2. The average molecular weight is 677 g/mol. The highest BCUT2D eigenvalue weighted by Crippen LogP contribution is 2.23. The van der Waals surface area contributed by atoms with Crippen molar-refractivity contribution in [2.75, 3.05) is 50.9 Å². The Balaban J connectivity index is 0.000000536. The Labute approximate surface area is 298 Å². The molecule has 2 N–H and O–H groups in total. The van der Waals surface area contributed by atoms with Crippen LogP contribution in [-0.4, -0.2) is 74.5 Å². The van der Waals surface area contributed by atoms with Crippen LogP contribution in [0, 0.1) is 12.8 Å². The summed E-state index contributed by atoms with van der Waals surface area (Å²) in [7, 11) is 3.83. The smallest absolute Gasteiger partial charge is 0.243 e. The fourth-order valence-corrected chi connectivity index (χ4v) is 4.70. The van der Waals surface area contributed by atoms with Crippen molar-refractivity contribution in [1.29, 1.82) is 0 Å². The first-order valence-electron chi connectivity index (χ1n) is 16.8. The molecule has 4 aromatic carbocycles. The van der Waals surface area contributed by atoms with Gasteiger partial charge in [-0.25, -0.2) is 0 Å². The first-order chi connectivity index (χ1) is 24.3. The molecule has 8 nitrogen and oxygen atoms in total. The third-order valence-electron chi connectivity index (χ3n) is 7.21. The SMILES string of the molecule is C#C.CCCN(C)CC=O.CCCN(CC(=O)Nc1ccc(-c2ccc(NC)cc2)cc1)C(=O)Cc1ccccc1.O=CCc1ccccc1. The topological polar surface area (TPSA) is 98.8 Å². The number of terminal acetylenes is 1. The van der Waals surface area contributed by atoms with Crippen molar-refractivity contribution >= 4 is 35.8 Å². The Bertz CT molecular complexity index is 1520. The zero-order chi connectivity index (χ0) is 37.0. The predicted octanol–water partition coefficient (Wildman–Crippen LogP) is 7.02. The molecule has 0 aliphatic carbocycles. The van der Waals surface area contributed by atoms with Gasteiger partial charge in [-0.3, -0.25) is 14.5 Å². The molecule has 0 aliphatic rings. The van der Waals surface area contributed by atoms with Gasteiger partial charge in [-0.2, -0.15) is 0 Å². The Hall–Kier alpha value is -5.52. The molecule has 8 heteroatoms. The van der Waals surface area contributed by atoms with E-state index in [-0.39, 0.29) is 18.4 Å². The fourth-order valence-electron chi connectivity index (χ4n) is 4.70. The van der Waals surface area contributed by atoms with Crippen LogP contribution in [0.1, 0.15) is 37.8 Å². The molecule has 0 saturated heterocycles. The largest absolute Gasteiger partial charge is 0.388 e. The van der Waals surface area contributed by atoms with Crippen LogP contribution in [0.4, 0.5) is 11.4 Å². The molecule has 0 fully saturated rings. The number of likely N-dealkylation sites (N-methyl/N-ethyl adjacent to an activating group) is 1. The number of nitrogens with one attached hydrogen (secondary N) is 2. The summed E-state index contributed by atoms with van der Waals surface area (Å²) in [4.78, 5) is 48.7. The van der Waals surface area contributed by atoms with Gasteiger partial charge in [-0.1, -0.05) is 98.8 Å². The lowest BCUT2D eigenvalue weighted by molar-refractivity contribution is -0.134. The second-order valence-corrected chi connectivity index (χ2v) is 11.2. The summed E-state index contributed by atoms with van der Waals surface area (Å²) < 4.78 is 0. The number of hydrogen-bond acceptors (Lipinski definition) is 6. The maximum Gasteiger partial charge on any atom is 0.243 e. The normalized spacial score (nSPS) is 9.66. The van der Waals surface area contributed by atoms with Gasteiger partial charge in [0.05, 0.1) is 19.5 Å². The van der Waals surface area contributed by atoms with Crippen LogP contribution in [-0.2, 0) is 32.0 Å². The Morgan fingerprint density at radius 2 is 1.18 bits per heavy atom. The van der Waals surface area contributed by atoms with Crippen LogP contribution in [0.5, 0.6) is 0 Å². The van der Waals surface area contributed by atoms with E-state index >= 15 is 0 Å². The van der Waals surface area contributed by atoms with Gasteiger partial charge in [0, 0.05) is 31.4 Å². The minimum absolute atomic E-state index is 0.0384. The minimum atomic E-state index is -0.194. The van der Waals surface area contributed by atoms with E-state index in [0.29, 0.717) is 31.6 Å². The van der Waals surface area contributed by atoms with E-state index in [2.05, 4.69) is 42.5 Å². The highest BCUT2D eigenvalue weighted by molar-refractivity contribution is 5.95. The molecule has 0 spiro atoms. The molecule has 50 heavy (non-hydrogen) atoms. The van der Waals surface area contributed by atoms with Gasteiger partial charge in [-0.15, -0.1) is 12.8 Å². The quantitative estimate of drug-likeness (QED) is 0.104. The van der Waals surface area contributed by atoms with Crippen LogP contribution in [0.25, 0.3) is 11.1 Å². The number of rotatable bonds is 15. The summed E-state index contributed by atoms with van der Waals surface area (Å²) in [5.74, 6) is -0.232. The fraction of sp³-hybridized carbons (Fsp3) is 0.286. The van der Waals surface area contributed by atoms with Gasteiger partial charge in [0.2, 0.25) is 11.8 Å². The van der Waals surface area contributed by atoms with E-state index in [0.717, 1.165) is 59.9 Å². The number of anilines is 2. The Kier molecular flexibility index (Phi) is 22.5. The molecule has 0 heterocycles. The second kappa shape index (κ2) is 26.4. The predicted molar refractivity (Wildman–Crippen MR) is 207 cm³/mol. The van der Waals surface area contributed by atoms with Crippen molar-refractivity contribution in [2.45, 2.75) is 39.5 Å². The molecule has 264 valence electrons. The lowest BCUT2D eigenvalue weighted by atomic mass is 10.1. The van der Waals surface area contributed by atoms with Crippen LogP contribution < -0.4 is 10.6 Å². The zero-order valence-electron chi connectivity index (χ0n) is 29.9. The average Bonchev–Trinajstić information content (AvgIpc) is 3.14. The maximum atomic E-state index is 12.7. The third-order valence-corrected chi connectivity index (χ3v) is 7.21. The molecule has 0 saturated carbocycles. The minimum Gasteiger partial charge on any atom is -0.388 e. The van der Waals surface area contributed by atoms with Crippen LogP contribution in [0.2, 0.25) is 0 Å². The second-order valence-electron chi connectivity index (χ2n) is 11.2. The monoisotopic (exact) mass is 676 g/mol. The van der Waals surface area contributed by atoms with E-state index < -0.39 is 0 Å². The Morgan fingerprint density at radius 3 is 1.64 bits per heavy atom. The first-order valence-corrected chi connectivity index (χ1v) is 16.8. The molecule has 4 rings (SSSR count). The summed E-state index contributed by atoms with van der Waals surface area (Å²) in [6.45, 7) is 6.28. The van der Waals surface area contributed by atoms with E-state index in [1.165, 1.54) is 0 Å². The van der Waals surface area contributed by atoms with Crippen LogP contribution in [0.3, 0.4) is 0 Å². The standard InChI is InChI=1S/C26H29N3O2.C8H8O.C6H13NO.C2H2/c1-3-17-29(26(31)18-20-7-5-4-6-8-20)19-25(30)28-24-15-11-22(12-16-24)21-9-13-23(27-2)14-10-21;9-7-6-8-4-2-1-3-5-8;1-3-4-7(2)5-6-8;1-2/h4-16,27H,3,17-19H2,1-2H3,(H,28,30);1-5,7H,6H2;6H,3-5H2,1-2H3;1-2H. The molecule has 4 aromatic rings. The number of hydrogen-bond donors (Lipinski definition) is 2. The van der Waals surface area contributed by atoms with Gasteiger partial charge >= 0.3 is 0 Å². The van der Waals surface area contributed by atoms with Crippen molar-refractivity contribution in [1.82, 2.24) is 9.80 Å². The van der Waals surface area contributed by atoms with Gasteiger partial charge < -0.3 is 25.1 Å². The number of carbonyl (C=O) groups excluding carboxylic acids is 4. The maximum absolute atomic E-state index is 12.7. The number of amides is 2. The number of benzene rings is 4. The molecule has 0 unspecified atom stereocenters. The molecular weight excluding hydrogens is 624 g/mol. The summed E-state index contributed by atoms with van der Waals surface area (Å²) in [6.07, 6.45) is 12.6. The Morgan fingerprint density at radius 1 is 0.680 bits per heavy atom. The van der Waals surface area contributed by atoms with Gasteiger partial charge in [0.15, 0.2) is 0 Å². The molecule has 0 atom stereocenters. The van der Waals surface area contributed by atoms with E-state index in [4.69, 9.17) is 0 Å². The highest BCUT2D eigenvalue weighted by atomic mass is 16.2. The number of carbonyl (C=O) groups is 4. The van der Waals surface area contributed by atoms with E-state index in [1.807, 2.05) is 123 Å². The molecule has 2 amide bonds. The summed E-state index contributed by atoms with van der Waals surface area (Å²) >= 11 is 0.